The molecule has 1 aromatic rings. The van der Waals surface area contributed by atoms with Crippen LogP contribution in [0.25, 0.3) is 0 Å². The van der Waals surface area contributed by atoms with Gasteiger partial charge in [0, 0.05) is 12.1 Å². The van der Waals surface area contributed by atoms with Crippen molar-refractivity contribution < 1.29 is 23.7 Å². The monoisotopic (exact) mass is 251 g/mol. The van der Waals surface area contributed by atoms with E-state index in [-0.39, 0.29) is 23.7 Å². The first-order valence-electron chi connectivity index (χ1n) is 5.02. The minimum atomic E-state index is -0.687. The van der Waals surface area contributed by atoms with Crippen LogP contribution in [0, 0.1) is 11.3 Å². The SMILES string of the molecule is COc1cc(OC)c(C(=O)OCC#N)c(OC)c1. The number of hydrogen-bond acceptors (Lipinski definition) is 6. The molecule has 0 radical (unpaired) electrons. The summed E-state index contributed by atoms with van der Waals surface area (Å²) in [5, 5.41) is 8.39. The summed E-state index contributed by atoms with van der Waals surface area (Å²) >= 11 is 0. The predicted molar refractivity (Wildman–Crippen MR) is 62.0 cm³/mol. The number of hydrogen-bond donors (Lipinski definition) is 0. The van der Waals surface area contributed by atoms with E-state index in [1.54, 1.807) is 6.07 Å². The zero-order valence-corrected chi connectivity index (χ0v) is 10.4. The quantitative estimate of drug-likeness (QED) is 0.736. The van der Waals surface area contributed by atoms with Gasteiger partial charge in [-0.2, -0.15) is 5.26 Å². The lowest BCUT2D eigenvalue weighted by Gasteiger charge is -2.13. The summed E-state index contributed by atoms with van der Waals surface area (Å²) in [4.78, 5) is 11.8. The molecule has 0 saturated heterocycles. The number of esters is 1. The van der Waals surface area contributed by atoms with E-state index in [1.165, 1.54) is 33.5 Å². The molecule has 6 nitrogen and oxygen atoms in total. The van der Waals surface area contributed by atoms with Gasteiger partial charge in [-0.1, -0.05) is 0 Å². The maximum atomic E-state index is 11.8. The van der Waals surface area contributed by atoms with Crippen LogP contribution in [0.4, 0.5) is 0 Å². The molecule has 96 valence electrons. The average molecular weight is 251 g/mol. The summed E-state index contributed by atoms with van der Waals surface area (Å²) in [5.74, 6) is 0.316. The third kappa shape index (κ3) is 2.83. The van der Waals surface area contributed by atoms with Crippen LogP contribution in [0.5, 0.6) is 17.2 Å². The van der Waals surface area contributed by atoms with Crippen LogP contribution in [0.2, 0.25) is 0 Å². The molecular formula is C12H13NO5. The van der Waals surface area contributed by atoms with Crippen molar-refractivity contribution >= 4 is 5.97 Å². The van der Waals surface area contributed by atoms with Crippen molar-refractivity contribution in [1.82, 2.24) is 0 Å². The number of carbonyl (C=O) groups excluding carboxylic acids is 1. The fraction of sp³-hybridized carbons (Fsp3) is 0.333. The third-order valence-corrected chi connectivity index (χ3v) is 2.19. The molecule has 0 spiro atoms. The number of benzene rings is 1. The Morgan fingerprint density at radius 3 is 2.11 bits per heavy atom. The minimum absolute atomic E-state index is 0.121. The molecule has 0 aromatic heterocycles. The Morgan fingerprint density at radius 2 is 1.72 bits per heavy atom. The van der Waals surface area contributed by atoms with Gasteiger partial charge in [-0.3, -0.25) is 0 Å². The number of nitrogens with zero attached hydrogens (tertiary/aromatic N) is 1. The van der Waals surface area contributed by atoms with Crippen molar-refractivity contribution in [2.24, 2.45) is 0 Å². The maximum absolute atomic E-state index is 11.8. The average Bonchev–Trinajstić information content (AvgIpc) is 2.42. The summed E-state index contributed by atoms with van der Waals surface area (Å²) in [6, 6.07) is 4.78. The maximum Gasteiger partial charge on any atom is 0.346 e. The van der Waals surface area contributed by atoms with Crippen molar-refractivity contribution in [1.29, 1.82) is 5.26 Å². The van der Waals surface area contributed by atoms with Crippen LogP contribution in [0.15, 0.2) is 12.1 Å². The highest BCUT2D eigenvalue weighted by Crippen LogP contribution is 2.34. The van der Waals surface area contributed by atoms with Crippen molar-refractivity contribution in [3.63, 3.8) is 0 Å². The van der Waals surface area contributed by atoms with Gasteiger partial charge in [0.25, 0.3) is 0 Å². The van der Waals surface area contributed by atoms with Gasteiger partial charge in [0.05, 0.1) is 21.3 Å². The second-order valence-electron chi connectivity index (χ2n) is 3.14. The smallest absolute Gasteiger partial charge is 0.346 e. The zero-order valence-electron chi connectivity index (χ0n) is 10.4. The first-order chi connectivity index (χ1) is 8.67. The van der Waals surface area contributed by atoms with Gasteiger partial charge < -0.3 is 18.9 Å². The van der Waals surface area contributed by atoms with E-state index in [0.29, 0.717) is 5.75 Å². The van der Waals surface area contributed by atoms with Gasteiger partial charge >= 0.3 is 5.97 Å². The van der Waals surface area contributed by atoms with Crippen LogP contribution in [0.1, 0.15) is 10.4 Å². The van der Waals surface area contributed by atoms with Crippen LogP contribution in [-0.4, -0.2) is 33.9 Å². The zero-order chi connectivity index (χ0) is 13.5. The Kier molecular flexibility index (Phi) is 4.81. The van der Waals surface area contributed by atoms with Gasteiger partial charge in [0.1, 0.15) is 28.9 Å². The highest BCUT2D eigenvalue weighted by Gasteiger charge is 2.21. The number of rotatable bonds is 5. The third-order valence-electron chi connectivity index (χ3n) is 2.19. The Labute approximate surface area is 105 Å². The Hall–Kier alpha value is -2.42. The molecule has 6 heteroatoms. The molecule has 1 rings (SSSR count). The van der Waals surface area contributed by atoms with Crippen LogP contribution in [-0.2, 0) is 4.74 Å². The van der Waals surface area contributed by atoms with Crippen LogP contribution < -0.4 is 14.2 Å². The Morgan fingerprint density at radius 1 is 1.17 bits per heavy atom. The number of nitriles is 1. The highest BCUT2D eigenvalue weighted by molar-refractivity contribution is 5.96. The molecule has 0 aliphatic carbocycles. The molecule has 0 aliphatic heterocycles. The van der Waals surface area contributed by atoms with E-state index in [0.717, 1.165) is 0 Å². The molecule has 0 amide bonds. The molecule has 1 aromatic carbocycles. The van der Waals surface area contributed by atoms with E-state index in [4.69, 9.17) is 24.2 Å². The topological polar surface area (TPSA) is 77.8 Å². The van der Waals surface area contributed by atoms with Crippen LogP contribution in [0.3, 0.4) is 0 Å². The summed E-state index contributed by atoms with van der Waals surface area (Å²) in [5.41, 5.74) is 0.121. The largest absolute Gasteiger partial charge is 0.496 e. The molecule has 0 bridgehead atoms. The number of ether oxygens (including phenoxy) is 4. The molecule has 0 unspecified atom stereocenters. The van der Waals surface area contributed by atoms with Crippen LogP contribution >= 0.6 is 0 Å². The molecule has 0 N–H and O–H groups in total. The van der Waals surface area contributed by atoms with E-state index in [9.17, 15) is 4.79 Å². The molecule has 0 aliphatic rings. The number of methoxy groups -OCH3 is 3. The second kappa shape index (κ2) is 6.35. The summed E-state index contributed by atoms with van der Waals surface area (Å²) in [7, 11) is 4.31. The van der Waals surface area contributed by atoms with Gasteiger partial charge in [-0.15, -0.1) is 0 Å². The Balaban J connectivity index is 3.23. The van der Waals surface area contributed by atoms with Crippen molar-refractivity contribution in [3.8, 4) is 23.3 Å². The molecule has 0 heterocycles. The van der Waals surface area contributed by atoms with Gasteiger partial charge in [0.2, 0.25) is 0 Å². The standard InChI is InChI=1S/C12H13NO5/c1-15-8-6-9(16-2)11(10(7-8)17-3)12(14)18-5-4-13/h6-7H,5H2,1-3H3. The fourth-order valence-electron chi connectivity index (χ4n) is 1.38. The molecule has 0 saturated carbocycles. The lowest BCUT2D eigenvalue weighted by atomic mass is 10.1. The van der Waals surface area contributed by atoms with Crippen molar-refractivity contribution in [2.45, 2.75) is 0 Å². The number of carbonyl (C=O) groups is 1. The molecular weight excluding hydrogens is 238 g/mol. The van der Waals surface area contributed by atoms with Gasteiger partial charge in [-0.05, 0) is 0 Å². The minimum Gasteiger partial charge on any atom is -0.496 e. The predicted octanol–water partition coefficient (Wildman–Crippen LogP) is 1.39. The van der Waals surface area contributed by atoms with Crippen molar-refractivity contribution in [2.75, 3.05) is 27.9 Å². The Bertz CT molecular complexity index is 453. The summed E-state index contributed by atoms with van der Waals surface area (Å²) in [6.07, 6.45) is 0. The van der Waals surface area contributed by atoms with Crippen molar-refractivity contribution in [3.05, 3.63) is 17.7 Å². The summed E-state index contributed by atoms with van der Waals surface area (Å²) < 4.78 is 20.0. The summed E-state index contributed by atoms with van der Waals surface area (Å²) in [6.45, 7) is -0.336. The fourth-order valence-corrected chi connectivity index (χ4v) is 1.38. The van der Waals surface area contributed by atoms with E-state index < -0.39 is 5.97 Å². The van der Waals surface area contributed by atoms with Gasteiger partial charge in [0.15, 0.2) is 6.61 Å². The lowest BCUT2D eigenvalue weighted by molar-refractivity contribution is 0.0547. The lowest BCUT2D eigenvalue weighted by Crippen LogP contribution is -2.09. The molecule has 18 heavy (non-hydrogen) atoms. The molecule has 0 fully saturated rings. The second-order valence-corrected chi connectivity index (χ2v) is 3.14. The first kappa shape index (κ1) is 13.6. The normalized spacial score (nSPS) is 9.22. The first-order valence-corrected chi connectivity index (χ1v) is 5.02. The highest BCUT2D eigenvalue weighted by atomic mass is 16.5. The van der Waals surface area contributed by atoms with E-state index in [1.807, 2.05) is 0 Å². The van der Waals surface area contributed by atoms with E-state index in [2.05, 4.69) is 0 Å². The van der Waals surface area contributed by atoms with E-state index >= 15 is 0 Å². The van der Waals surface area contributed by atoms with Gasteiger partial charge in [-0.25, -0.2) is 4.79 Å². The molecule has 0 atom stereocenters.